The number of halogens is 4. The summed E-state index contributed by atoms with van der Waals surface area (Å²) in [6, 6.07) is 16.1. The number of rotatable bonds is 9. The molecule has 0 spiro atoms. The Morgan fingerprint density at radius 1 is 0.970 bits per heavy atom. The second-order valence-corrected chi connectivity index (χ2v) is 9.69. The fourth-order valence-electron chi connectivity index (χ4n) is 3.09. The predicted octanol–water partition coefficient (Wildman–Crippen LogP) is 5.54. The van der Waals surface area contributed by atoms with Gasteiger partial charge in [-0.3, -0.25) is 4.79 Å². The van der Waals surface area contributed by atoms with E-state index in [1.54, 1.807) is 42.5 Å². The lowest BCUT2D eigenvalue weighted by atomic mass is 10.0. The molecule has 33 heavy (non-hydrogen) atoms. The summed E-state index contributed by atoms with van der Waals surface area (Å²) in [4.78, 5) is 11.1. The molecule has 0 amide bonds. The van der Waals surface area contributed by atoms with Gasteiger partial charge < -0.3 is 9.84 Å². The Kier molecular flexibility index (Phi) is 7.91. The van der Waals surface area contributed by atoms with Crippen LogP contribution < -0.4 is 4.74 Å². The first-order valence-corrected chi connectivity index (χ1v) is 11.6. The Hall–Kier alpha value is -2.72. The molecule has 0 saturated carbocycles. The highest BCUT2D eigenvalue weighted by Crippen LogP contribution is 2.29. The quantitative estimate of drug-likeness (QED) is 0.404. The van der Waals surface area contributed by atoms with Crippen molar-refractivity contribution in [2.24, 2.45) is 0 Å². The van der Waals surface area contributed by atoms with Crippen molar-refractivity contribution in [1.82, 2.24) is 4.31 Å². The zero-order chi connectivity index (χ0) is 24.2. The first-order chi connectivity index (χ1) is 15.5. The number of nitrogens with zero attached hydrogens (tertiary/aromatic N) is 1. The Bertz CT molecular complexity index is 1230. The fraction of sp³-hybridized carbons (Fsp3) is 0.136. The van der Waals surface area contributed by atoms with Gasteiger partial charge in [-0.15, -0.1) is 0 Å². The van der Waals surface area contributed by atoms with E-state index in [2.05, 4.69) is 4.74 Å². The lowest BCUT2D eigenvalue weighted by molar-refractivity contribution is -0.137. The maximum Gasteiger partial charge on any atom is 0.387 e. The maximum atomic E-state index is 13.1. The standard InChI is InChI=1S/C22H17Cl2F2NO5S/c23-17-9-16(10-18(24)11-17)15-3-1-2-14(8-15)12-27(13-21(28)29)33(30,31)20-6-4-19(5-7-20)32-22(25)26/h1-11,22H,12-13H2,(H,28,29). The van der Waals surface area contributed by atoms with Gasteiger partial charge in [-0.2, -0.15) is 13.1 Å². The lowest BCUT2D eigenvalue weighted by Crippen LogP contribution is -2.35. The minimum absolute atomic E-state index is 0.221. The molecule has 0 fully saturated rings. The van der Waals surface area contributed by atoms with Crippen molar-refractivity contribution in [2.45, 2.75) is 18.1 Å². The van der Waals surface area contributed by atoms with Crippen LogP contribution >= 0.6 is 23.2 Å². The van der Waals surface area contributed by atoms with E-state index in [9.17, 15) is 27.1 Å². The SMILES string of the molecule is O=C(O)CN(Cc1cccc(-c2cc(Cl)cc(Cl)c2)c1)S(=O)(=O)c1ccc(OC(F)F)cc1. The summed E-state index contributed by atoms with van der Waals surface area (Å²) in [5.41, 5.74) is 1.93. The largest absolute Gasteiger partial charge is 0.480 e. The van der Waals surface area contributed by atoms with E-state index in [1.807, 2.05) is 0 Å². The molecule has 0 saturated heterocycles. The predicted molar refractivity (Wildman–Crippen MR) is 120 cm³/mol. The molecular formula is C22H17Cl2F2NO5S. The maximum absolute atomic E-state index is 13.1. The summed E-state index contributed by atoms with van der Waals surface area (Å²) < 4.78 is 55.9. The molecule has 1 N–H and O–H groups in total. The van der Waals surface area contributed by atoms with Crippen molar-refractivity contribution in [2.75, 3.05) is 6.54 Å². The van der Waals surface area contributed by atoms with Gasteiger partial charge in [-0.1, -0.05) is 41.4 Å². The first-order valence-electron chi connectivity index (χ1n) is 9.37. The van der Waals surface area contributed by atoms with Gasteiger partial charge in [0.15, 0.2) is 0 Å². The van der Waals surface area contributed by atoms with Crippen LogP contribution in [0.4, 0.5) is 8.78 Å². The van der Waals surface area contributed by atoms with E-state index >= 15 is 0 Å². The molecule has 0 aromatic heterocycles. The van der Waals surface area contributed by atoms with Gasteiger partial charge in [-0.25, -0.2) is 8.42 Å². The van der Waals surface area contributed by atoms with Gasteiger partial charge in [0.25, 0.3) is 0 Å². The van der Waals surface area contributed by atoms with Crippen molar-refractivity contribution in [3.8, 4) is 16.9 Å². The summed E-state index contributed by atoms with van der Waals surface area (Å²) in [7, 11) is -4.26. The number of hydrogen-bond acceptors (Lipinski definition) is 4. The van der Waals surface area contributed by atoms with Crippen molar-refractivity contribution in [1.29, 1.82) is 0 Å². The second kappa shape index (κ2) is 10.5. The number of carboxylic acids is 1. The van der Waals surface area contributed by atoms with E-state index in [4.69, 9.17) is 23.2 Å². The number of hydrogen-bond donors (Lipinski definition) is 1. The summed E-state index contributed by atoms with van der Waals surface area (Å²) in [5, 5.41) is 10.1. The number of carbonyl (C=O) groups is 1. The van der Waals surface area contributed by atoms with Crippen LogP contribution in [-0.4, -0.2) is 37.0 Å². The monoisotopic (exact) mass is 515 g/mol. The first kappa shape index (κ1) is 24.9. The van der Waals surface area contributed by atoms with Gasteiger partial charge >= 0.3 is 12.6 Å². The average Bonchev–Trinajstić information content (AvgIpc) is 2.72. The summed E-state index contributed by atoms with van der Waals surface area (Å²) in [5.74, 6) is -1.57. The van der Waals surface area contributed by atoms with Crippen LogP contribution in [0.15, 0.2) is 71.6 Å². The lowest BCUT2D eigenvalue weighted by Gasteiger charge is -2.21. The summed E-state index contributed by atoms with van der Waals surface area (Å²) in [6.45, 7) is -4.10. The molecule has 11 heteroatoms. The van der Waals surface area contributed by atoms with Gasteiger partial charge in [0.1, 0.15) is 12.3 Å². The van der Waals surface area contributed by atoms with Gasteiger partial charge in [0.05, 0.1) is 4.90 Å². The molecule has 3 aromatic carbocycles. The summed E-state index contributed by atoms with van der Waals surface area (Å²) >= 11 is 12.1. The number of benzene rings is 3. The number of alkyl halides is 2. The number of ether oxygens (including phenoxy) is 1. The van der Waals surface area contributed by atoms with Crippen LogP contribution in [0.25, 0.3) is 11.1 Å². The van der Waals surface area contributed by atoms with Gasteiger partial charge in [0.2, 0.25) is 10.0 Å². The zero-order valence-electron chi connectivity index (χ0n) is 16.8. The van der Waals surface area contributed by atoms with Crippen LogP contribution in [-0.2, 0) is 21.4 Å². The van der Waals surface area contributed by atoms with Crippen molar-refractivity contribution in [3.05, 3.63) is 82.3 Å². The topological polar surface area (TPSA) is 83.9 Å². The van der Waals surface area contributed by atoms with Crippen LogP contribution in [0.5, 0.6) is 5.75 Å². The molecular weight excluding hydrogens is 499 g/mol. The molecule has 3 aromatic rings. The molecule has 174 valence electrons. The third kappa shape index (κ3) is 6.64. The van der Waals surface area contributed by atoms with Crippen LogP contribution in [0.3, 0.4) is 0 Å². The molecule has 0 atom stereocenters. The minimum atomic E-state index is -4.26. The Labute approximate surface area is 199 Å². The van der Waals surface area contributed by atoms with Crippen LogP contribution in [0, 0.1) is 0 Å². The van der Waals surface area contributed by atoms with E-state index in [0.29, 0.717) is 26.7 Å². The van der Waals surface area contributed by atoms with E-state index in [-0.39, 0.29) is 17.2 Å². The highest BCUT2D eigenvalue weighted by Gasteiger charge is 2.27. The Morgan fingerprint density at radius 3 is 2.18 bits per heavy atom. The zero-order valence-corrected chi connectivity index (χ0v) is 19.1. The third-order valence-electron chi connectivity index (χ3n) is 4.48. The van der Waals surface area contributed by atoms with Crippen molar-refractivity contribution < 1.29 is 31.8 Å². The van der Waals surface area contributed by atoms with E-state index in [0.717, 1.165) is 28.6 Å². The molecule has 0 heterocycles. The molecule has 3 rings (SSSR count). The average molecular weight is 516 g/mol. The molecule has 0 aliphatic rings. The minimum Gasteiger partial charge on any atom is -0.480 e. The van der Waals surface area contributed by atoms with E-state index < -0.39 is 29.1 Å². The van der Waals surface area contributed by atoms with E-state index in [1.165, 1.54) is 0 Å². The molecule has 0 aliphatic carbocycles. The van der Waals surface area contributed by atoms with Crippen LogP contribution in [0.2, 0.25) is 10.0 Å². The summed E-state index contributed by atoms with van der Waals surface area (Å²) in [6.07, 6.45) is 0. The molecule has 0 unspecified atom stereocenters. The highest BCUT2D eigenvalue weighted by molar-refractivity contribution is 7.89. The smallest absolute Gasteiger partial charge is 0.387 e. The van der Waals surface area contributed by atoms with Crippen molar-refractivity contribution in [3.63, 3.8) is 0 Å². The number of sulfonamides is 1. The Balaban J connectivity index is 1.91. The Morgan fingerprint density at radius 2 is 1.61 bits per heavy atom. The molecule has 6 nitrogen and oxygen atoms in total. The van der Waals surface area contributed by atoms with Crippen molar-refractivity contribution >= 4 is 39.2 Å². The second-order valence-electron chi connectivity index (χ2n) is 6.88. The fourth-order valence-corrected chi connectivity index (χ4v) is 5.00. The molecule has 0 bridgehead atoms. The number of aliphatic carboxylic acids is 1. The third-order valence-corrected chi connectivity index (χ3v) is 6.72. The van der Waals surface area contributed by atoms with Crippen LogP contribution in [0.1, 0.15) is 5.56 Å². The van der Waals surface area contributed by atoms with Gasteiger partial charge in [0, 0.05) is 16.6 Å². The molecule has 0 radical (unpaired) electrons. The van der Waals surface area contributed by atoms with Gasteiger partial charge in [-0.05, 0) is 65.2 Å². The molecule has 0 aliphatic heterocycles. The highest BCUT2D eigenvalue weighted by atomic mass is 35.5. The normalized spacial score (nSPS) is 11.7. The number of carboxylic acid groups (broad SMARTS) is 1.